The Morgan fingerprint density at radius 1 is 1.10 bits per heavy atom. The first-order valence-corrected chi connectivity index (χ1v) is 8.15. The van der Waals surface area contributed by atoms with Gasteiger partial charge in [-0.2, -0.15) is 0 Å². The molecule has 0 heterocycles. The monoisotopic (exact) mass is 346 g/mol. The minimum Gasteiger partial charge on any atom is -0.370 e. The molecule has 3 heteroatoms. The Hall–Kier alpha value is -1.32. The van der Waals surface area contributed by atoms with Crippen molar-refractivity contribution in [1.29, 1.82) is 0 Å². The van der Waals surface area contributed by atoms with Crippen LogP contribution in [-0.4, -0.2) is 13.6 Å². The van der Waals surface area contributed by atoms with Crippen molar-refractivity contribution in [2.45, 2.75) is 26.9 Å². The van der Waals surface area contributed by atoms with Crippen LogP contribution < -0.4 is 10.2 Å². The van der Waals surface area contributed by atoms with Crippen LogP contribution in [0.2, 0.25) is 0 Å². The van der Waals surface area contributed by atoms with Crippen LogP contribution in [0.5, 0.6) is 0 Å². The van der Waals surface area contributed by atoms with E-state index >= 15 is 0 Å². The number of benzene rings is 2. The number of halogens is 1. The number of anilines is 1. The normalized spacial score (nSPS) is 10.7. The molecule has 0 aromatic heterocycles. The Kier molecular flexibility index (Phi) is 5.83. The molecule has 0 unspecified atom stereocenters. The van der Waals surface area contributed by atoms with Crippen LogP contribution in [0.1, 0.15) is 23.6 Å². The molecule has 0 bridgehead atoms. The van der Waals surface area contributed by atoms with Crippen LogP contribution in [0.3, 0.4) is 0 Å². The highest BCUT2D eigenvalue weighted by atomic mass is 79.9. The van der Waals surface area contributed by atoms with Gasteiger partial charge >= 0.3 is 0 Å². The van der Waals surface area contributed by atoms with Gasteiger partial charge in [0, 0.05) is 30.3 Å². The third-order valence-electron chi connectivity index (χ3n) is 3.58. The molecule has 0 saturated carbocycles. The highest BCUT2D eigenvalue weighted by molar-refractivity contribution is 9.10. The van der Waals surface area contributed by atoms with Gasteiger partial charge < -0.3 is 10.2 Å². The highest BCUT2D eigenvalue weighted by Crippen LogP contribution is 2.23. The molecule has 2 aromatic carbocycles. The van der Waals surface area contributed by atoms with Gasteiger partial charge in [-0.25, -0.2) is 0 Å². The van der Waals surface area contributed by atoms with E-state index < -0.39 is 0 Å². The molecule has 0 amide bonds. The quantitative estimate of drug-likeness (QED) is 0.828. The lowest BCUT2D eigenvalue weighted by Gasteiger charge is -2.20. The summed E-state index contributed by atoms with van der Waals surface area (Å²) in [5.41, 5.74) is 5.15. The lowest BCUT2D eigenvalue weighted by molar-refractivity contribution is 0.726. The van der Waals surface area contributed by atoms with E-state index in [2.05, 4.69) is 89.5 Å². The summed E-state index contributed by atoms with van der Waals surface area (Å²) in [5, 5.41) is 3.35. The summed E-state index contributed by atoms with van der Waals surface area (Å²) >= 11 is 3.70. The van der Waals surface area contributed by atoms with Gasteiger partial charge in [0.25, 0.3) is 0 Å². The van der Waals surface area contributed by atoms with Crippen LogP contribution in [0, 0.1) is 6.92 Å². The second-order valence-corrected chi connectivity index (χ2v) is 6.25. The maximum Gasteiger partial charge on any atom is 0.0437 e. The average Bonchev–Trinajstić information content (AvgIpc) is 2.48. The first-order chi connectivity index (χ1) is 10.1. The molecule has 0 atom stereocenters. The smallest absolute Gasteiger partial charge is 0.0437 e. The van der Waals surface area contributed by atoms with Crippen molar-refractivity contribution in [2.24, 2.45) is 0 Å². The Labute approximate surface area is 136 Å². The third-order valence-corrected chi connectivity index (χ3v) is 4.32. The van der Waals surface area contributed by atoms with E-state index in [0.717, 1.165) is 19.6 Å². The van der Waals surface area contributed by atoms with Crippen LogP contribution in [0.25, 0.3) is 0 Å². The molecular weight excluding hydrogens is 324 g/mol. The van der Waals surface area contributed by atoms with Gasteiger partial charge in [-0.05, 0) is 42.8 Å². The van der Waals surface area contributed by atoms with E-state index in [1.807, 2.05) is 0 Å². The van der Waals surface area contributed by atoms with E-state index in [1.165, 1.54) is 26.9 Å². The summed E-state index contributed by atoms with van der Waals surface area (Å²) in [6.45, 7) is 7.05. The van der Waals surface area contributed by atoms with Crippen LogP contribution in [-0.2, 0) is 13.1 Å². The predicted octanol–water partition coefficient (Wildman–Crippen LogP) is 4.50. The number of hydrogen-bond acceptors (Lipinski definition) is 2. The molecule has 0 fully saturated rings. The molecule has 0 radical (unpaired) electrons. The highest BCUT2D eigenvalue weighted by Gasteiger charge is 2.06. The van der Waals surface area contributed by atoms with Crippen molar-refractivity contribution >= 4 is 21.6 Å². The summed E-state index contributed by atoms with van der Waals surface area (Å²) in [6, 6.07) is 15.3. The van der Waals surface area contributed by atoms with E-state index in [-0.39, 0.29) is 0 Å². The first kappa shape index (κ1) is 16.1. The second-order valence-electron chi connectivity index (χ2n) is 5.40. The largest absolute Gasteiger partial charge is 0.370 e. The van der Waals surface area contributed by atoms with Gasteiger partial charge in [-0.3, -0.25) is 0 Å². The van der Waals surface area contributed by atoms with E-state index in [9.17, 15) is 0 Å². The minimum absolute atomic E-state index is 0.894. The predicted molar refractivity (Wildman–Crippen MR) is 94.8 cm³/mol. The van der Waals surface area contributed by atoms with Gasteiger partial charge in [-0.1, -0.05) is 52.7 Å². The maximum absolute atomic E-state index is 3.70. The topological polar surface area (TPSA) is 15.3 Å². The van der Waals surface area contributed by atoms with Gasteiger partial charge in [0.1, 0.15) is 0 Å². The van der Waals surface area contributed by atoms with Crippen molar-refractivity contribution in [2.75, 3.05) is 18.5 Å². The SMILES string of the molecule is CCNCc1ccc(CN(C)c2ccc(C)cc2)c(Br)c1. The van der Waals surface area contributed by atoms with Crippen LogP contribution in [0.15, 0.2) is 46.9 Å². The number of rotatable bonds is 6. The average molecular weight is 347 g/mol. The molecular formula is C18H23BrN2. The standard InChI is InChI=1S/C18H23BrN2/c1-4-20-12-15-7-8-16(18(19)11-15)13-21(3)17-9-5-14(2)6-10-17/h5-11,20H,4,12-13H2,1-3H3. The Balaban J connectivity index is 2.06. The van der Waals surface area contributed by atoms with E-state index in [0.29, 0.717) is 0 Å². The molecule has 0 spiro atoms. The number of nitrogens with one attached hydrogen (secondary N) is 1. The Morgan fingerprint density at radius 3 is 2.43 bits per heavy atom. The fraction of sp³-hybridized carbons (Fsp3) is 0.333. The van der Waals surface area contributed by atoms with Crippen molar-refractivity contribution in [3.8, 4) is 0 Å². The molecule has 2 nitrogen and oxygen atoms in total. The zero-order chi connectivity index (χ0) is 15.2. The fourth-order valence-corrected chi connectivity index (χ4v) is 2.80. The van der Waals surface area contributed by atoms with Crippen molar-refractivity contribution in [3.05, 3.63) is 63.6 Å². The maximum atomic E-state index is 3.70. The zero-order valence-corrected chi connectivity index (χ0v) is 14.6. The lowest BCUT2D eigenvalue weighted by atomic mass is 10.1. The summed E-state index contributed by atoms with van der Waals surface area (Å²) in [6.07, 6.45) is 0. The van der Waals surface area contributed by atoms with Crippen molar-refractivity contribution in [3.63, 3.8) is 0 Å². The molecule has 112 valence electrons. The number of aryl methyl sites for hydroxylation is 1. The van der Waals surface area contributed by atoms with Gasteiger partial charge in [0.05, 0.1) is 0 Å². The summed E-state index contributed by atoms with van der Waals surface area (Å²) in [7, 11) is 2.13. The lowest BCUT2D eigenvalue weighted by Crippen LogP contribution is -2.17. The van der Waals surface area contributed by atoms with Crippen LogP contribution >= 0.6 is 15.9 Å². The number of hydrogen-bond donors (Lipinski definition) is 1. The van der Waals surface area contributed by atoms with Gasteiger partial charge in [-0.15, -0.1) is 0 Å². The molecule has 0 aliphatic carbocycles. The third kappa shape index (κ3) is 4.58. The van der Waals surface area contributed by atoms with Gasteiger partial charge in [0.2, 0.25) is 0 Å². The first-order valence-electron chi connectivity index (χ1n) is 7.36. The summed E-state index contributed by atoms with van der Waals surface area (Å²) < 4.78 is 1.18. The molecule has 2 rings (SSSR count). The molecule has 1 N–H and O–H groups in total. The zero-order valence-electron chi connectivity index (χ0n) is 13.0. The second kappa shape index (κ2) is 7.62. The molecule has 0 aliphatic rings. The Bertz CT molecular complexity index is 578. The minimum atomic E-state index is 0.894. The fourth-order valence-electron chi connectivity index (χ4n) is 2.24. The Morgan fingerprint density at radius 2 is 1.81 bits per heavy atom. The molecule has 0 saturated heterocycles. The van der Waals surface area contributed by atoms with E-state index in [4.69, 9.17) is 0 Å². The molecule has 0 aliphatic heterocycles. The van der Waals surface area contributed by atoms with Gasteiger partial charge in [0.15, 0.2) is 0 Å². The van der Waals surface area contributed by atoms with E-state index in [1.54, 1.807) is 0 Å². The van der Waals surface area contributed by atoms with Crippen molar-refractivity contribution < 1.29 is 0 Å². The summed E-state index contributed by atoms with van der Waals surface area (Å²) in [5.74, 6) is 0. The van der Waals surface area contributed by atoms with Crippen LogP contribution in [0.4, 0.5) is 5.69 Å². The molecule has 2 aromatic rings. The molecule has 21 heavy (non-hydrogen) atoms. The summed E-state index contributed by atoms with van der Waals surface area (Å²) in [4.78, 5) is 2.27. The van der Waals surface area contributed by atoms with Crippen molar-refractivity contribution in [1.82, 2.24) is 5.32 Å². The number of nitrogens with zero attached hydrogens (tertiary/aromatic N) is 1.